The standard InChI is InChI=1S/C30H20N4O4/c35-33(36)25-17-13-22(14-18-25)31(23-15-19-26(20-16-23)34(37)38)21-9-11-24(12-10-21)32-29-7-3-1-5-27(29)28-6-2-4-8-30(28)32/h1-20H. The summed E-state index contributed by atoms with van der Waals surface area (Å²) in [4.78, 5) is 23.4. The summed E-state index contributed by atoms with van der Waals surface area (Å²) in [6, 6.07) is 37.0. The first-order valence-electron chi connectivity index (χ1n) is 11.9. The topological polar surface area (TPSA) is 94.5 Å². The summed E-state index contributed by atoms with van der Waals surface area (Å²) < 4.78 is 2.22. The number of anilines is 3. The molecule has 0 atom stereocenters. The number of fused-ring (bicyclic) bond motifs is 3. The van der Waals surface area contributed by atoms with Crippen LogP contribution in [0, 0.1) is 20.2 Å². The van der Waals surface area contributed by atoms with Crippen molar-refractivity contribution < 1.29 is 9.85 Å². The molecule has 0 spiro atoms. The fourth-order valence-corrected chi connectivity index (χ4v) is 4.85. The number of benzene rings is 5. The van der Waals surface area contributed by atoms with E-state index < -0.39 is 9.85 Å². The van der Waals surface area contributed by atoms with Gasteiger partial charge in [-0.25, -0.2) is 0 Å². The lowest BCUT2D eigenvalue weighted by atomic mass is 10.1. The van der Waals surface area contributed by atoms with Crippen LogP contribution in [0.1, 0.15) is 0 Å². The van der Waals surface area contributed by atoms with Crippen molar-refractivity contribution in [3.63, 3.8) is 0 Å². The van der Waals surface area contributed by atoms with E-state index in [2.05, 4.69) is 28.8 Å². The Morgan fingerprint density at radius 3 is 1.26 bits per heavy atom. The van der Waals surface area contributed by atoms with Gasteiger partial charge in [-0.15, -0.1) is 0 Å². The second-order valence-electron chi connectivity index (χ2n) is 8.77. The molecule has 8 nitrogen and oxygen atoms in total. The summed E-state index contributed by atoms with van der Waals surface area (Å²) in [7, 11) is 0. The lowest BCUT2D eigenvalue weighted by Gasteiger charge is -2.25. The van der Waals surface area contributed by atoms with Crippen LogP contribution in [0.25, 0.3) is 27.5 Å². The van der Waals surface area contributed by atoms with Gasteiger partial charge in [-0.2, -0.15) is 0 Å². The number of nitrogens with zero attached hydrogens (tertiary/aromatic N) is 4. The van der Waals surface area contributed by atoms with E-state index in [9.17, 15) is 20.2 Å². The van der Waals surface area contributed by atoms with Crippen molar-refractivity contribution >= 4 is 50.2 Å². The molecule has 0 N–H and O–H groups in total. The smallest absolute Gasteiger partial charge is 0.269 e. The molecule has 1 aromatic heterocycles. The van der Waals surface area contributed by atoms with Crippen molar-refractivity contribution in [1.29, 1.82) is 0 Å². The highest BCUT2D eigenvalue weighted by Crippen LogP contribution is 2.37. The van der Waals surface area contributed by atoms with E-state index in [4.69, 9.17) is 0 Å². The number of nitro groups is 2. The molecule has 0 bridgehead atoms. The highest BCUT2D eigenvalue weighted by molar-refractivity contribution is 6.09. The van der Waals surface area contributed by atoms with Crippen LogP contribution in [0.4, 0.5) is 28.4 Å². The molecule has 0 radical (unpaired) electrons. The van der Waals surface area contributed by atoms with Gasteiger partial charge in [0.05, 0.1) is 20.9 Å². The molecule has 0 amide bonds. The van der Waals surface area contributed by atoms with Crippen LogP contribution in [0.2, 0.25) is 0 Å². The lowest BCUT2D eigenvalue weighted by Crippen LogP contribution is -2.10. The minimum Gasteiger partial charge on any atom is -0.310 e. The van der Waals surface area contributed by atoms with E-state index in [1.165, 1.54) is 35.0 Å². The molecule has 184 valence electrons. The molecule has 0 saturated heterocycles. The van der Waals surface area contributed by atoms with Gasteiger partial charge in [0.1, 0.15) is 0 Å². The first-order valence-corrected chi connectivity index (χ1v) is 11.9. The van der Waals surface area contributed by atoms with E-state index in [1.807, 2.05) is 53.4 Å². The molecular weight excluding hydrogens is 480 g/mol. The zero-order valence-electron chi connectivity index (χ0n) is 20.0. The maximum absolute atomic E-state index is 11.2. The van der Waals surface area contributed by atoms with Crippen LogP contribution in [-0.4, -0.2) is 14.4 Å². The normalized spacial score (nSPS) is 11.1. The average molecular weight is 501 g/mol. The van der Waals surface area contributed by atoms with Crippen molar-refractivity contribution in [1.82, 2.24) is 4.57 Å². The Kier molecular flexibility index (Phi) is 5.54. The molecule has 0 aliphatic carbocycles. The Bertz CT molecular complexity index is 1700. The summed E-state index contributed by atoms with van der Waals surface area (Å²) in [5.74, 6) is 0. The van der Waals surface area contributed by atoms with E-state index >= 15 is 0 Å². The van der Waals surface area contributed by atoms with Crippen molar-refractivity contribution in [3.8, 4) is 5.69 Å². The molecule has 8 heteroatoms. The maximum Gasteiger partial charge on any atom is 0.269 e. The lowest BCUT2D eigenvalue weighted by molar-refractivity contribution is -0.385. The van der Waals surface area contributed by atoms with Crippen molar-refractivity contribution in [2.24, 2.45) is 0 Å². The number of nitro benzene ring substituents is 2. The molecular formula is C30H20N4O4. The van der Waals surface area contributed by atoms with Gasteiger partial charge in [0, 0.05) is 57.8 Å². The number of hydrogen-bond donors (Lipinski definition) is 0. The van der Waals surface area contributed by atoms with E-state index in [1.54, 1.807) is 24.3 Å². The third-order valence-electron chi connectivity index (χ3n) is 6.58. The summed E-state index contributed by atoms with van der Waals surface area (Å²) >= 11 is 0. The molecule has 38 heavy (non-hydrogen) atoms. The van der Waals surface area contributed by atoms with Crippen LogP contribution in [0.15, 0.2) is 121 Å². The van der Waals surface area contributed by atoms with Crippen LogP contribution in [0.3, 0.4) is 0 Å². The zero-order chi connectivity index (χ0) is 26.2. The SMILES string of the molecule is O=[N+]([O-])c1ccc(N(c2ccc(-n3c4ccccc4c4ccccc43)cc2)c2ccc([N+](=O)[O-])cc2)cc1. The number of aromatic nitrogens is 1. The maximum atomic E-state index is 11.2. The minimum atomic E-state index is -0.444. The Morgan fingerprint density at radius 1 is 0.500 bits per heavy atom. The highest BCUT2D eigenvalue weighted by atomic mass is 16.6. The predicted molar refractivity (Wildman–Crippen MR) is 149 cm³/mol. The van der Waals surface area contributed by atoms with Crippen LogP contribution in [0.5, 0.6) is 0 Å². The average Bonchev–Trinajstić information content (AvgIpc) is 3.29. The van der Waals surface area contributed by atoms with E-state index in [0.29, 0.717) is 11.4 Å². The Morgan fingerprint density at radius 2 is 0.868 bits per heavy atom. The number of hydrogen-bond acceptors (Lipinski definition) is 5. The number of para-hydroxylation sites is 2. The van der Waals surface area contributed by atoms with Gasteiger partial charge < -0.3 is 9.47 Å². The van der Waals surface area contributed by atoms with Gasteiger partial charge in [0.2, 0.25) is 0 Å². The first-order chi connectivity index (χ1) is 18.5. The van der Waals surface area contributed by atoms with Crippen molar-refractivity contribution in [2.75, 3.05) is 4.90 Å². The summed E-state index contributed by atoms with van der Waals surface area (Å²) in [5, 5.41) is 24.7. The summed E-state index contributed by atoms with van der Waals surface area (Å²) in [5.41, 5.74) is 5.34. The molecule has 0 fully saturated rings. The largest absolute Gasteiger partial charge is 0.310 e. The van der Waals surface area contributed by atoms with Gasteiger partial charge in [0.25, 0.3) is 11.4 Å². The van der Waals surface area contributed by atoms with Crippen molar-refractivity contribution in [3.05, 3.63) is 142 Å². The second-order valence-corrected chi connectivity index (χ2v) is 8.77. The minimum absolute atomic E-state index is 0.0147. The van der Waals surface area contributed by atoms with Crippen molar-refractivity contribution in [2.45, 2.75) is 0 Å². The fourth-order valence-electron chi connectivity index (χ4n) is 4.85. The molecule has 1 heterocycles. The molecule has 5 aromatic carbocycles. The highest BCUT2D eigenvalue weighted by Gasteiger charge is 2.17. The molecule has 0 unspecified atom stereocenters. The number of rotatable bonds is 6. The molecule has 0 aliphatic heterocycles. The van der Waals surface area contributed by atoms with E-state index in [0.717, 1.165) is 22.4 Å². The number of non-ortho nitro benzene ring substituents is 2. The van der Waals surface area contributed by atoms with Gasteiger partial charge in [-0.1, -0.05) is 36.4 Å². The molecule has 6 rings (SSSR count). The predicted octanol–water partition coefficient (Wildman–Crippen LogP) is 8.07. The van der Waals surface area contributed by atoms with Gasteiger partial charge in [-0.05, 0) is 60.7 Å². The molecule has 0 saturated carbocycles. The third-order valence-corrected chi connectivity index (χ3v) is 6.58. The van der Waals surface area contributed by atoms with Gasteiger partial charge in [0.15, 0.2) is 0 Å². The van der Waals surface area contributed by atoms with E-state index in [-0.39, 0.29) is 11.4 Å². The van der Waals surface area contributed by atoms with Crippen LogP contribution >= 0.6 is 0 Å². The summed E-state index contributed by atoms with van der Waals surface area (Å²) in [6.07, 6.45) is 0. The van der Waals surface area contributed by atoms with Crippen LogP contribution < -0.4 is 4.90 Å². The summed E-state index contributed by atoms with van der Waals surface area (Å²) in [6.45, 7) is 0. The van der Waals surface area contributed by atoms with Gasteiger partial charge >= 0.3 is 0 Å². The monoisotopic (exact) mass is 500 g/mol. The quantitative estimate of drug-likeness (QED) is 0.170. The third kappa shape index (κ3) is 3.90. The van der Waals surface area contributed by atoms with Crippen LogP contribution in [-0.2, 0) is 0 Å². The Balaban J connectivity index is 1.47. The Labute approximate surface area is 216 Å². The zero-order valence-corrected chi connectivity index (χ0v) is 20.0. The first kappa shape index (κ1) is 22.9. The Hall–Kier alpha value is -5.50. The van der Waals surface area contributed by atoms with Gasteiger partial charge in [-0.3, -0.25) is 20.2 Å². The second kappa shape index (κ2) is 9.18. The molecule has 6 aromatic rings. The molecule has 0 aliphatic rings. The fraction of sp³-hybridized carbons (Fsp3) is 0.